The van der Waals surface area contributed by atoms with Crippen molar-refractivity contribution in [2.24, 2.45) is 0 Å². The highest BCUT2D eigenvalue weighted by molar-refractivity contribution is 7.91. The summed E-state index contributed by atoms with van der Waals surface area (Å²) in [7, 11) is -6.84. The Morgan fingerprint density at radius 3 is 2.54 bits per heavy atom. The highest BCUT2D eigenvalue weighted by Gasteiger charge is 2.31. The predicted octanol–water partition coefficient (Wildman–Crippen LogP) is 0.679. The maximum atomic E-state index is 12.7. The molecule has 1 N–H and O–H groups in total. The van der Waals surface area contributed by atoms with Crippen molar-refractivity contribution in [1.82, 2.24) is 9.62 Å². The summed E-state index contributed by atoms with van der Waals surface area (Å²) in [5, 5.41) is 2.62. The summed E-state index contributed by atoms with van der Waals surface area (Å²) >= 11 is 1.40. The molecule has 0 bridgehead atoms. The quantitative estimate of drug-likeness (QED) is 0.765. The molecule has 2 rings (SSSR count). The topological polar surface area (TPSA) is 101 Å². The summed E-state index contributed by atoms with van der Waals surface area (Å²) in [5.41, 5.74) is 0. The van der Waals surface area contributed by atoms with Gasteiger partial charge in [-0.1, -0.05) is 6.92 Å². The smallest absolute Gasteiger partial charge is 0.244 e. The van der Waals surface area contributed by atoms with E-state index in [4.69, 9.17) is 0 Å². The van der Waals surface area contributed by atoms with E-state index >= 15 is 0 Å². The summed E-state index contributed by atoms with van der Waals surface area (Å²) < 4.78 is 49.4. The van der Waals surface area contributed by atoms with Crippen LogP contribution in [0.4, 0.5) is 0 Å². The van der Waals surface area contributed by atoms with Crippen molar-refractivity contribution in [3.63, 3.8) is 0 Å². The largest absolute Gasteiger partial charge is 0.351 e. The Morgan fingerprint density at radius 2 is 2.08 bits per heavy atom. The first-order chi connectivity index (χ1) is 11.0. The lowest BCUT2D eigenvalue weighted by Crippen LogP contribution is -2.44. The molecule has 0 radical (unpaired) electrons. The van der Waals surface area contributed by atoms with Crippen LogP contribution in [-0.4, -0.2) is 57.7 Å². The lowest BCUT2D eigenvalue weighted by molar-refractivity contribution is -0.121. The van der Waals surface area contributed by atoms with Crippen LogP contribution < -0.4 is 5.32 Å². The molecular weight excluding hydrogens is 372 g/mol. The van der Waals surface area contributed by atoms with Crippen molar-refractivity contribution in [3.05, 3.63) is 15.8 Å². The predicted molar refractivity (Wildman–Crippen MR) is 93.4 cm³/mol. The van der Waals surface area contributed by atoms with Crippen molar-refractivity contribution in [3.8, 4) is 0 Å². The third-order valence-electron chi connectivity index (χ3n) is 3.88. The fourth-order valence-corrected chi connectivity index (χ4v) is 7.31. The average Bonchev–Trinajstić information content (AvgIpc) is 2.97. The third kappa shape index (κ3) is 4.35. The van der Waals surface area contributed by atoms with Gasteiger partial charge in [-0.05, 0) is 26.3 Å². The SMILES string of the molecule is CCN(CC(=O)NC1CCS(=O)(=O)C1)S(=O)(=O)c1cc(C)sc1C. The number of sulfone groups is 1. The molecule has 0 spiro atoms. The van der Waals surface area contributed by atoms with Gasteiger partial charge in [-0.2, -0.15) is 4.31 Å². The molecule has 24 heavy (non-hydrogen) atoms. The molecule has 1 fully saturated rings. The van der Waals surface area contributed by atoms with E-state index in [2.05, 4.69) is 5.32 Å². The van der Waals surface area contributed by atoms with Crippen LogP contribution in [0.2, 0.25) is 0 Å². The van der Waals surface area contributed by atoms with Crippen molar-refractivity contribution in [2.45, 2.75) is 38.1 Å². The molecule has 1 aliphatic heterocycles. The second kappa shape index (κ2) is 7.11. The summed E-state index contributed by atoms with van der Waals surface area (Å²) in [6.07, 6.45) is 0.371. The molecule has 7 nitrogen and oxygen atoms in total. The lowest BCUT2D eigenvalue weighted by atomic mass is 10.2. The number of rotatable bonds is 6. The second-order valence-electron chi connectivity index (χ2n) is 5.88. The number of carbonyl (C=O) groups is 1. The molecule has 1 amide bonds. The van der Waals surface area contributed by atoms with E-state index in [1.807, 2.05) is 6.92 Å². The van der Waals surface area contributed by atoms with Crippen LogP contribution in [0.1, 0.15) is 23.1 Å². The Morgan fingerprint density at radius 1 is 1.42 bits per heavy atom. The van der Waals surface area contributed by atoms with Crippen LogP contribution >= 0.6 is 11.3 Å². The average molecular weight is 395 g/mol. The number of hydrogen-bond donors (Lipinski definition) is 1. The molecule has 136 valence electrons. The number of aryl methyl sites for hydroxylation is 2. The molecule has 0 aromatic carbocycles. The molecule has 10 heteroatoms. The lowest BCUT2D eigenvalue weighted by Gasteiger charge is -2.21. The number of carbonyl (C=O) groups excluding carboxylic acids is 1. The summed E-state index contributed by atoms with van der Waals surface area (Å²) in [4.78, 5) is 13.9. The van der Waals surface area contributed by atoms with Crippen LogP contribution in [0.3, 0.4) is 0 Å². The molecule has 1 aromatic heterocycles. The van der Waals surface area contributed by atoms with Gasteiger partial charge < -0.3 is 5.32 Å². The van der Waals surface area contributed by atoms with Crippen molar-refractivity contribution < 1.29 is 21.6 Å². The molecule has 1 atom stereocenters. The first-order valence-electron chi connectivity index (χ1n) is 7.62. The number of nitrogens with zero attached hydrogens (tertiary/aromatic N) is 1. The van der Waals surface area contributed by atoms with E-state index in [0.717, 1.165) is 9.18 Å². The standard InChI is InChI=1S/C14H22N2O5S3/c1-4-16(24(20,21)13-7-10(2)22-11(13)3)8-14(17)15-12-5-6-23(18,19)9-12/h7,12H,4-6,8-9H2,1-3H3,(H,15,17). The normalized spacial score (nSPS) is 20.4. The molecule has 1 aliphatic rings. The Balaban J connectivity index is 2.08. The van der Waals surface area contributed by atoms with Crippen LogP contribution in [0.5, 0.6) is 0 Å². The molecule has 0 saturated carbocycles. The molecule has 1 unspecified atom stereocenters. The Labute approximate surface area is 147 Å². The molecular formula is C14H22N2O5S3. The number of thiophene rings is 1. The van der Waals surface area contributed by atoms with Gasteiger partial charge in [0.25, 0.3) is 0 Å². The zero-order valence-corrected chi connectivity index (χ0v) is 16.4. The van der Waals surface area contributed by atoms with Crippen molar-refractivity contribution in [1.29, 1.82) is 0 Å². The molecule has 1 saturated heterocycles. The van der Waals surface area contributed by atoms with E-state index in [1.165, 1.54) is 11.3 Å². The fourth-order valence-electron chi connectivity index (χ4n) is 2.71. The first kappa shape index (κ1) is 19.4. The maximum Gasteiger partial charge on any atom is 0.244 e. The fraction of sp³-hybridized carbons (Fsp3) is 0.643. The number of hydrogen-bond acceptors (Lipinski definition) is 6. The summed E-state index contributed by atoms with van der Waals surface area (Å²) in [6.45, 7) is 5.08. The monoisotopic (exact) mass is 394 g/mol. The van der Waals surface area contributed by atoms with Gasteiger partial charge in [-0.3, -0.25) is 4.79 Å². The van der Waals surface area contributed by atoms with Gasteiger partial charge in [0.1, 0.15) is 0 Å². The van der Waals surface area contributed by atoms with Crippen LogP contribution in [-0.2, 0) is 24.7 Å². The zero-order valence-electron chi connectivity index (χ0n) is 13.9. The summed E-state index contributed by atoms with van der Waals surface area (Å²) in [5.74, 6) is -0.506. The van der Waals surface area contributed by atoms with E-state index in [0.29, 0.717) is 11.3 Å². The van der Waals surface area contributed by atoms with Crippen LogP contribution in [0.15, 0.2) is 11.0 Å². The number of amides is 1. The highest BCUT2D eigenvalue weighted by atomic mass is 32.2. The summed E-state index contributed by atoms with van der Waals surface area (Å²) in [6, 6.07) is 1.17. The van der Waals surface area contributed by atoms with Gasteiger partial charge in [0, 0.05) is 22.3 Å². The van der Waals surface area contributed by atoms with E-state index in [-0.39, 0.29) is 29.5 Å². The van der Waals surface area contributed by atoms with Crippen LogP contribution in [0.25, 0.3) is 0 Å². The second-order valence-corrected chi connectivity index (χ2v) is 11.5. The Bertz CT molecular complexity index is 827. The maximum absolute atomic E-state index is 12.7. The van der Waals surface area contributed by atoms with Crippen molar-refractivity contribution >= 4 is 37.1 Å². The number of likely N-dealkylation sites (N-methyl/N-ethyl adjacent to an activating group) is 1. The van der Waals surface area contributed by atoms with E-state index < -0.39 is 31.8 Å². The minimum Gasteiger partial charge on any atom is -0.351 e. The van der Waals surface area contributed by atoms with Crippen LogP contribution in [0, 0.1) is 13.8 Å². The van der Waals surface area contributed by atoms with Gasteiger partial charge in [0.05, 0.1) is 22.9 Å². The zero-order chi connectivity index (χ0) is 18.1. The molecule has 2 heterocycles. The van der Waals surface area contributed by atoms with E-state index in [1.54, 1.807) is 19.9 Å². The van der Waals surface area contributed by atoms with Gasteiger partial charge >= 0.3 is 0 Å². The highest BCUT2D eigenvalue weighted by Crippen LogP contribution is 2.27. The number of sulfonamides is 1. The minimum absolute atomic E-state index is 0.0567. The molecule has 1 aromatic rings. The minimum atomic E-state index is -3.75. The Kier molecular flexibility index (Phi) is 5.73. The number of nitrogens with one attached hydrogen (secondary N) is 1. The van der Waals surface area contributed by atoms with E-state index in [9.17, 15) is 21.6 Å². The van der Waals surface area contributed by atoms with Gasteiger partial charge in [-0.25, -0.2) is 16.8 Å². The van der Waals surface area contributed by atoms with Gasteiger partial charge in [-0.15, -0.1) is 11.3 Å². The van der Waals surface area contributed by atoms with Crippen molar-refractivity contribution in [2.75, 3.05) is 24.6 Å². The molecule has 0 aliphatic carbocycles. The Hall–Kier alpha value is -0.970. The van der Waals surface area contributed by atoms with Gasteiger partial charge in [0.2, 0.25) is 15.9 Å². The van der Waals surface area contributed by atoms with Gasteiger partial charge in [0.15, 0.2) is 9.84 Å². The third-order valence-corrected chi connectivity index (χ3v) is 8.79. The first-order valence-corrected chi connectivity index (χ1v) is 11.7.